The number of carbonyl (C=O) groups is 1. The van der Waals surface area contributed by atoms with Crippen LogP contribution in [0, 0.1) is 11.6 Å². The maximum Gasteiger partial charge on any atom is 0.319 e. The number of hydrogen-bond donors (Lipinski definition) is 3. The summed E-state index contributed by atoms with van der Waals surface area (Å²) in [7, 11) is 1.58. The minimum Gasteiger partial charge on any atom is -0.491 e. The molecule has 3 N–H and O–H groups in total. The summed E-state index contributed by atoms with van der Waals surface area (Å²) in [5, 5.41) is 15.0. The molecule has 0 aliphatic heterocycles. The molecule has 0 saturated carbocycles. The summed E-state index contributed by atoms with van der Waals surface area (Å²) in [5.74, 6) is -1.41. The molecule has 0 bridgehead atoms. The van der Waals surface area contributed by atoms with Crippen LogP contribution in [0.3, 0.4) is 0 Å². The van der Waals surface area contributed by atoms with E-state index in [0.717, 1.165) is 12.1 Å². The van der Waals surface area contributed by atoms with E-state index < -0.39 is 23.8 Å². The van der Waals surface area contributed by atoms with Crippen molar-refractivity contribution in [1.29, 1.82) is 0 Å². The van der Waals surface area contributed by atoms with Crippen LogP contribution in [0.25, 0.3) is 0 Å². The van der Waals surface area contributed by atoms with Crippen molar-refractivity contribution in [2.45, 2.75) is 6.10 Å². The standard InChI is InChI=1S/C18H20F2N2O4/c1-25-8-9-26-14-5-3-13(4-6-14)22-18(24)21-11-17(23)12-2-7-15(19)16(20)10-12/h2-7,10,17,23H,8-9,11H2,1H3,(H2,21,22,24). The van der Waals surface area contributed by atoms with E-state index in [2.05, 4.69) is 10.6 Å². The largest absolute Gasteiger partial charge is 0.491 e. The highest BCUT2D eigenvalue weighted by molar-refractivity contribution is 5.89. The molecule has 26 heavy (non-hydrogen) atoms. The first-order chi connectivity index (χ1) is 12.5. The number of aliphatic hydroxyl groups is 1. The Hall–Kier alpha value is -2.71. The van der Waals surface area contributed by atoms with E-state index in [9.17, 15) is 18.7 Å². The number of ether oxygens (including phenoxy) is 2. The Labute approximate surface area is 149 Å². The molecule has 6 nitrogen and oxygen atoms in total. The quantitative estimate of drug-likeness (QED) is 0.628. The zero-order valence-corrected chi connectivity index (χ0v) is 14.2. The number of urea groups is 1. The van der Waals surface area contributed by atoms with Gasteiger partial charge in [-0.05, 0) is 42.0 Å². The molecule has 0 aliphatic rings. The van der Waals surface area contributed by atoms with E-state index in [-0.39, 0.29) is 12.1 Å². The molecule has 0 heterocycles. The maximum absolute atomic E-state index is 13.2. The monoisotopic (exact) mass is 366 g/mol. The number of nitrogens with one attached hydrogen (secondary N) is 2. The molecule has 0 saturated heterocycles. The maximum atomic E-state index is 13.2. The van der Waals surface area contributed by atoms with Gasteiger partial charge in [0.15, 0.2) is 11.6 Å². The van der Waals surface area contributed by atoms with Crippen LogP contribution in [0.5, 0.6) is 5.75 Å². The van der Waals surface area contributed by atoms with Gasteiger partial charge in [-0.15, -0.1) is 0 Å². The second-order valence-corrected chi connectivity index (χ2v) is 5.39. The van der Waals surface area contributed by atoms with Gasteiger partial charge in [0.05, 0.1) is 12.7 Å². The Kier molecular flexibility index (Phi) is 7.31. The fourth-order valence-electron chi connectivity index (χ4n) is 2.08. The first-order valence-corrected chi connectivity index (χ1v) is 7.89. The van der Waals surface area contributed by atoms with E-state index in [1.165, 1.54) is 6.07 Å². The van der Waals surface area contributed by atoms with Crippen molar-refractivity contribution in [1.82, 2.24) is 5.32 Å². The predicted molar refractivity (Wildman–Crippen MR) is 92.2 cm³/mol. The summed E-state index contributed by atoms with van der Waals surface area (Å²) in [6, 6.07) is 9.24. The lowest BCUT2D eigenvalue weighted by Crippen LogP contribution is -2.32. The number of halogens is 2. The van der Waals surface area contributed by atoms with Gasteiger partial charge in [0, 0.05) is 19.3 Å². The van der Waals surface area contributed by atoms with Crippen molar-refractivity contribution in [3.63, 3.8) is 0 Å². The fraction of sp³-hybridized carbons (Fsp3) is 0.278. The molecule has 0 radical (unpaired) electrons. The van der Waals surface area contributed by atoms with Crippen molar-refractivity contribution in [2.75, 3.05) is 32.2 Å². The lowest BCUT2D eigenvalue weighted by Gasteiger charge is -2.13. The number of methoxy groups -OCH3 is 1. The normalized spacial score (nSPS) is 11.7. The highest BCUT2D eigenvalue weighted by atomic mass is 19.2. The summed E-state index contributed by atoms with van der Waals surface area (Å²) < 4.78 is 36.3. The molecule has 2 rings (SSSR count). The van der Waals surface area contributed by atoms with Crippen LogP contribution in [0.2, 0.25) is 0 Å². The number of benzene rings is 2. The van der Waals surface area contributed by atoms with Crippen LogP contribution in [-0.2, 0) is 4.74 Å². The molecule has 0 aromatic heterocycles. The van der Waals surface area contributed by atoms with Gasteiger partial charge in [0.25, 0.3) is 0 Å². The lowest BCUT2D eigenvalue weighted by atomic mass is 10.1. The highest BCUT2D eigenvalue weighted by Gasteiger charge is 2.12. The minimum absolute atomic E-state index is 0.158. The first-order valence-electron chi connectivity index (χ1n) is 7.89. The summed E-state index contributed by atoms with van der Waals surface area (Å²) in [6.07, 6.45) is -1.16. The van der Waals surface area contributed by atoms with Gasteiger partial charge in [-0.3, -0.25) is 0 Å². The molecule has 0 aliphatic carbocycles. The number of amides is 2. The molecule has 0 spiro atoms. The fourth-order valence-corrected chi connectivity index (χ4v) is 2.08. The number of carbonyl (C=O) groups excluding carboxylic acids is 1. The van der Waals surface area contributed by atoms with E-state index in [0.29, 0.717) is 24.7 Å². The first kappa shape index (κ1) is 19.6. The molecule has 2 amide bonds. The molecule has 2 aromatic rings. The zero-order valence-electron chi connectivity index (χ0n) is 14.2. The van der Waals surface area contributed by atoms with Crippen molar-refractivity contribution in [2.24, 2.45) is 0 Å². The van der Waals surface area contributed by atoms with Gasteiger partial charge >= 0.3 is 6.03 Å². The molecular weight excluding hydrogens is 346 g/mol. The molecule has 0 fully saturated rings. The van der Waals surface area contributed by atoms with E-state index in [1.54, 1.807) is 31.4 Å². The van der Waals surface area contributed by atoms with Gasteiger partial charge in [0.1, 0.15) is 12.4 Å². The smallest absolute Gasteiger partial charge is 0.319 e. The summed E-state index contributed by atoms with van der Waals surface area (Å²) in [6.45, 7) is 0.740. The molecule has 8 heteroatoms. The Morgan fingerprint density at radius 1 is 1.12 bits per heavy atom. The van der Waals surface area contributed by atoms with Gasteiger partial charge < -0.3 is 25.2 Å². The van der Waals surface area contributed by atoms with Crippen LogP contribution in [-0.4, -0.2) is 38.0 Å². The average Bonchev–Trinajstić information content (AvgIpc) is 2.63. The average molecular weight is 366 g/mol. The van der Waals surface area contributed by atoms with Crippen molar-refractivity contribution >= 4 is 11.7 Å². The van der Waals surface area contributed by atoms with E-state index in [4.69, 9.17) is 9.47 Å². The Bertz CT molecular complexity index is 726. The van der Waals surface area contributed by atoms with Gasteiger partial charge in [-0.1, -0.05) is 6.07 Å². The Morgan fingerprint density at radius 3 is 2.50 bits per heavy atom. The topological polar surface area (TPSA) is 79.8 Å². The van der Waals surface area contributed by atoms with Crippen LogP contribution < -0.4 is 15.4 Å². The van der Waals surface area contributed by atoms with Gasteiger partial charge in [0.2, 0.25) is 0 Å². The summed E-state index contributed by atoms with van der Waals surface area (Å²) in [4.78, 5) is 11.8. The molecule has 1 unspecified atom stereocenters. The minimum atomic E-state index is -1.16. The van der Waals surface area contributed by atoms with Gasteiger partial charge in [-0.25, -0.2) is 13.6 Å². The zero-order chi connectivity index (χ0) is 18.9. The third-order valence-corrected chi connectivity index (χ3v) is 3.45. The van der Waals surface area contributed by atoms with Crippen molar-refractivity contribution in [3.05, 3.63) is 59.7 Å². The van der Waals surface area contributed by atoms with Crippen LogP contribution >= 0.6 is 0 Å². The van der Waals surface area contributed by atoms with Gasteiger partial charge in [-0.2, -0.15) is 0 Å². The number of hydrogen-bond acceptors (Lipinski definition) is 4. The molecule has 140 valence electrons. The lowest BCUT2D eigenvalue weighted by molar-refractivity contribution is 0.146. The van der Waals surface area contributed by atoms with Crippen LogP contribution in [0.1, 0.15) is 11.7 Å². The van der Waals surface area contributed by atoms with Crippen molar-refractivity contribution < 1.29 is 28.2 Å². The Balaban J connectivity index is 1.79. The second kappa shape index (κ2) is 9.69. The summed E-state index contributed by atoms with van der Waals surface area (Å²) >= 11 is 0. The third-order valence-electron chi connectivity index (χ3n) is 3.45. The van der Waals surface area contributed by atoms with Crippen molar-refractivity contribution in [3.8, 4) is 5.75 Å². The van der Waals surface area contributed by atoms with Crippen LogP contribution in [0.15, 0.2) is 42.5 Å². The predicted octanol–water partition coefficient (Wildman–Crippen LogP) is 2.85. The highest BCUT2D eigenvalue weighted by Crippen LogP contribution is 2.17. The third kappa shape index (κ3) is 5.98. The Morgan fingerprint density at radius 2 is 1.85 bits per heavy atom. The molecule has 2 aromatic carbocycles. The van der Waals surface area contributed by atoms with E-state index >= 15 is 0 Å². The second-order valence-electron chi connectivity index (χ2n) is 5.39. The molecule has 1 atom stereocenters. The number of rotatable bonds is 8. The molecular formula is C18H20F2N2O4. The van der Waals surface area contributed by atoms with E-state index in [1.807, 2.05) is 0 Å². The number of anilines is 1. The SMILES string of the molecule is COCCOc1ccc(NC(=O)NCC(O)c2ccc(F)c(F)c2)cc1. The number of aliphatic hydroxyl groups excluding tert-OH is 1. The summed E-state index contributed by atoms with van der Waals surface area (Å²) in [5.41, 5.74) is 0.700. The van der Waals surface area contributed by atoms with Crippen LogP contribution in [0.4, 0.5) is 19.3 Å².